The molecule has 0 aliphatic carbocycles. The number of aromatic nitrogens is 4. The summed E-state index contributed by atoms with van der Waals surface area (Å²) in [6.07, 6.45) is 4.36. The summed E-state index contributed by atoms with van der Waals surface area (Å²) in [5.74, 6) is 1.99. The zero-order valence-corrected chi connectivity index (χ0v) is 9.07. The maximum atomic E-state index is 5.55. The summed E-state index contributed by atoms with van der Waals surface area (Å²) in [6, 6.07) is 1.86. The van der Waals surface area contributed by atoms with E-state index in [-0.39, 0.29) is 0 Å². The summed E-state index contributed by atoms with van der Waals surface area (Å²) in [6.45, 7) is 2.64. The Morgan fingerprint density at radius 2 is 2.31 bits per heavy atom. The van der Waals surface area contributed by atoms with Gasteiger partial charge in [0.2, 0.25) is 5.95 Å². The molecule has 16 heavy (non-hydrogen) atoms. The van der Waals surface area contributed by atoms with Gasteiger partial charge in [0.1, 0.15) is 11.6 Å². The third-order valence-corrected chi connectivity index (χ3v) is 2.09. The molecule has 84 valence electrons. The van der Waals surface area contributed by atoms with Crippen molar-refractivity contribution in [3.8, 4) is 0 Å². The molecule has 2 rings (SSSR count). The predicted octanol–water partition coefficient (Wildman–Crippen LogP) is 0.745. The van der Waals surface area contributed by atoms with Gasteiger partial charge in [0.05, 0.1) is 0 Å². The second-order valence-electron chi connectivity index (χ2n) is 3.47. The van der Waals surface area contributed by atoms with Crippen LogP contribution in [0.15, 0.2) is 18.5 Å². The standard InChI is InChI=1S/C10H14N6/c1-7-6-9(16-10(11)15-7)12-3-2-8-13-4-5-14-8/h4-6H,2-3H2,1H3,(H,13,14)(H3,11,12,15,16). The van der Waals surface area contributed by atoms with Crippen molar-refractivity contribution in [3.63, 3.8) is 0 Å². The van der Waals surface area contributed by atoms with Gasteiger partial charge in [0.25, 0.3) is 0 Å². The highest BCUT2D eigenvalue weighted by atomic mass is 15.1. The van der Waals surface area contributed by atoms with Gasteiger partial charge in [-0.15, -0.1) is 0 Å². The Morgan fingerprint density at radius 3 is 3.00 bits per heavy atom. The molecule has 2 aromatic rings. The van der Waals surface area contributed by atoms with Crippen LogP contribution in [-0.2, 0) is 6.42 Å². The van der Waals surface area contributed by atoms with Crippen LogP contribution in [0.4, 0.5) is 11.8 Å². The summed E-state index contributed by atoms with van der Waals surface area (Å²) < 4.78 is 0. The van der Waals surface area contributed by atoms with Gasteiger partial charge < -0.3 is 16.0 Å². The van der Waals surface area contributed by atoms with Gasteiger partial charge in [-0.3, -0.25) is 0 Å². The van der Waals surface area contributed by atoms with E-state index in [1.165, 1.54) is 0 Å². The van der Waals surface area contributed by atoms with Crippen molar-refractivity contribution >= 4 is 11.8 Å². The van der Waals surface area contributed by atoms with Crippen LogP contribution in [0.25, 0.3) is 0 Å². The van der Waals surface area contributed by atoms with E-state index < -0.39 is 0 Å². The quantitative estimate of drug-likeness (QED) is 0.704. The van der Waals surface area contributed by atoms with E-state index in [1.54, 1.807) is 6.20 Å². The van der Waals surface area contributed by atoms with E-state index in [2.05, 4.69) is 25.3 Å². The van der Waals surface area contributed by atoms with Crippen LogP contribution < -0.4 is 11.1 Å². The summed E-state index contributed by atoms with van der Waals surface area (Å²) >= 11 is 0. The fourth-order valence-corrected chi connectivity index (χ4v) is 1.43. The SMILES string of the molecule is Cc1cc(NCCc2ncc[nH]2)nc(N)n1. The van der Waals surface area contributed by atoms with Crippen molar-refractivity contribution in [1.82, 2.24) is 19.9 Å². The Hall–Kier alpha value is -2.11. The summed E-state index contributed by atoms with van der Waals surface area (Å²) in [5.41, 5.74) is 6.40. The Kier molecular flexibility index (Phi) is 3.00. The van der Waals surface area contributed by atoms with Crippen molar-refractivity contribution in [1.29, 1.82) is 0 Å². The van der Waals surface area contributed by atoms with Gasteiger partial charge in [-0.2, -0.15) is 4.98 Å². The van der Waals surface area contributed by atoms with Crippen molar-refractivity contribution in [2.45, 2.75) is 13.3 Å². The number of imidazole rings is 1. The summed E-state index contributed by atoms with van der Waals surface area (Å²) in [7, 11) is 0. The maximum absolute atomic E-state index is 5.55. The van der Waals surface area contributed by atoms with E-state index in [4.69, 9.17) is 5.73 Å². The average Bonchev–Trinajstić information content (AvgIpc) is 2.69. The number of hydrogen-bond acceptors (Lipinski definition) is 5. The number of nitrogens with zero attached hydrogens (tertiary/aromatic N) is 3. The molecule has 2 aromatic heterocycles. The van der Waals surface area contributed by atoms with Crippen LogP contribution >= 0.6 is 0 Å². The van der Waals surface area contributed by atoms with Crippen LogP contribution in [0.5, 0.6) is 0 Å². The van der Waals surface area contributed by atoms with Crippen LogP contribution in [0.1, 0.15) is 11.5 Å². The van der Waals surface area contributed by atoms with E-state index in [0.29, 0.717) is 5.95 Å². The molecule has 0 aliphatic rings. The molecule has 0 saturated carbocycles. The highest BCUT2D eigenvalue weighted by molar-refractivity contribution is 5.40. The number of aromatic amines is 1. The molecule has 0 saturated heterocycles. The highest BCUT2D eigenvalue weighted by Crippen LogP contribution is 2.06. The van der Waals surface area contributed by atoms with Crippen molar-refractivity contribution in [3.05, 3.63) is 30.0 Å². The topological polar surface area (TPSA) is 92.5 Å². The molecule has 0 radical (unpaired) electrons. The third kappa shape index (κ3) is 2.69. The number of nitrogens with one attached hydrogen (secondary N) is 2. The van der Waals surface area contributed by atoms with Crippen molar-refractivity contribution < 1.29 is 0 Å². The molecule has 0 unspecified atom stereocenters. The fraction of sp³-hybridized carbons (Fsp3) is 0.300. The molecule has 0 aliphatic heterocycles. The molecule has 0 spiro atoms. The van der Waals surface area contributed by atoms with Crippen LogP contribution in [0, 0.1) is 6.92 Å². The molecular formula is C10H14N6. The molecule has 0 aromatic carbocycles. The van der Waals surface area contributed by atoms with Gasteiger partial charge in [-0.05, 0) is 6.92 Å². The molecular weight excluding hydrogens is 204 g/mol. The zero-order chi connectivity index (χ0) is 11.4. The lowest BCUT2D eigenvalue weighted by Crippen LogP contribution is -2.09. The minimum Gasteiger partial charge on any atom is -0.369 e. The smallest absolute Gasteiger partial charge is 0.222 e. The summed E-state index contributed by atoms with van der Waals surface area (Å²) in [4.78, 5) is 15.2. The first kappa shape index (κ1) is 10.4. The van der Waals surface area contributed by atoms with Gasteiger partial charge in [0, 0.05) is 37.1 Å². The Labute approximate surface area is 93.3 Å². The number of anilines is 2. The summed E-state index contributed by atoms with van der Waals surface area (Å²) in [5, 5.41) is 3.17. The zero-order valence-electron chi connectivity index (χ0n) is 9.07. The predicted molar refractivity (Wildman–Crippen MR) is 62.0 cm³/mol. The van der Waals surface area contributed by atoms with Crippen LogP contribution in [0.3, 0.4) is 0 Å². The van der Waals surface area contributed by atoms with E-state index in [1.807, 2.05) is 19.2 Å². The molecule has 0 atom stereocenters. The lowest BCUT2D eigenvalue weighted by atomic mass is 10.4. The van der Waals surface area contributed by atoms with E-state index in [0.717, 1.165) is 30.3 Å². The fourth-order valence-electron chi connectivity index (χ4n) is 1.43. The van der Waals surface area contributed by atoms with Crippen molar-refractivity contribution in [2.24, 2.45) is 0 Å². The largest absolute Gasteiger partial charge is 0.369 e. The maximum Gasteiger partial charge on any atom is 0.222 e. The Bertz CT molecular complexity index is 430. The number of rotatable bonds is 4. The number of nitrogens with two attached hydrogens (primary N) is 1. The first-order valence-corrected chi connectivity index (χ1v) is 5.07. The van der Waals surface area contributed by atoms with Crippen molar-refractivity contribution in [2.75, 3.05) is 17.6 Å². The first-order valence-electron chi connectivity index (χ1n) is 5.07. The lowest BCUT2D eigenvalue weighted by molar-refractivity contribution is 0.919. The number of nitrogen functional groups attached to an aromatic ring is 1. The molecule has 0 fully saturated rings. The van der Waals surface area contributed by atoms with Gasteiger partial charge in [-0.25, -0.2) is 9.97 Å². The molecule has 0 amide bonds. The molecule has 4 N–H and O–H groups in total. The molecule has 2 heterocycles. The molecule has 0 bridgehead atoms. The first-order chi connectivity index (χ1) is 7.74. The van der Waals surface area contributed by atoms with Crippen LogP contribution in [0.2, 0.25) is 0 Å². The molecule has 6 nitrogen and oxygen atoms in total. The van der Waals surface area contributed by atoms with E-state index >= 15 is 0 Å². The minimum absolute atomic E-state index is 0.292. The second-order valence-corrected chi connectivity index (χ2v) is 3.47. The monoisotopic (exact) mass is 218 g/mol. The second kappa shape index (κ2) is 4.61. The van der Waals surface area contributed by atoms with Gasteiger partial charge in [-0.1, -0.05) is 0 Å². The number of H-pyrrole nitrogens is 1. The third-order valence-electron chi connectivity index (χ3n) is 2.09. The lowest BCUT2D eigenvalue weighted by Gasteiger charge is -2.05. The molecule has 6 heteroatoms. The normalized spacial score (nSPS) is 10.3. The van der Waals surface area contributed by atoms with Gasteiger partial charge in [0.15, 0.2) is 0 Å². The minimum atomic E-state index is 0.292. The van der Waals surface area contributed by atoms with Gasteiger partial charge >= 0.3 is 0 Å². The van der Waals surface area contributed by atoms with Crippen LogP contribution in [-0.4, -0.2) is 26.5 Å². The Balaban J connectivity index is 1.89. The highest BCUT2D eigenvalue weighted by Gasteiger charge is 1.99. The Morgan fingerprint density at radius 1 is 1.44 bits per heavy atom. The van der Waals surface area contributed by atoms with E-state index in [9.17, 15) is 0 Å². The number of hydrogen-bond donors (Lipinski definition) is 3. The number of aryl methyl sites for hydroxylation is 1. The average molecular weight is 218 g/mol.